The van der Waals surface area contributed by atoms with Crippen molar-refractivity contribution in [1.82, 2.24) is 15.2 Å². The van der Waals surface area contributed by atoms with Gasteiger partial charge in [0.05, 0.1) is 12.7 Å². The highest BCUT2D eigenvalue weighted by atomic mass is 16.5. The maximum Gasteiger partial charge on any atom is 0.194 e. The number of morpholine rings is 1. The number of nitrogens with zero attached hydrogens (tertiary/aromatic N) is 2. The first-order chi connectivity index (χ1) is 13.8. The summed E-state index contributed by atoms with van der Waals surface area (Å²) in [7, 11) is 0. The molecule has 1 aromatic heterocycles. The molecule has 0 aliphatic carbocycles. The molecule has 2 atom stereocenters. The van der Waals surface area contributed by atoms with Gasteiger partial charge in [-0.05, 0) is 44.2 Å². The second kappa shape index (κ2) is 8.97. The van der Waals surface area contributed by atoms with Crippen molar-refractivity contribution in [3.63, 3.8) is 0 Å². The van der Waals surface area contributed by atoms with E-state index in [1.165, 1.54) is 22.0 Å². The van der Waals surface area contributed by atoms with Crippen LogP contribution in [0.3, 0.4) is 0 Å². The molecule has 2 unspecified atom stereocenters. The molecule has 3 heterocycles. The maximum absolute atomic E-state index is 5.99. The van der Waals surface area contributed by atoms with Crippen molar-refractivity contribution in [2.24, 2.45) is 4.99 Å². The fourth-order valence-electron chi connectivity index (χ4n) is 4.27. The largest absolute Gasteiger partial charge is 0.375 e. The summed E-state index contributed by atoms with van der Waals surface area (Å²) in [5, 5.41) is 4.77. The smallest absolute Gasteiger partial charge is 0.194 e. The van der Waals surface area contributed by atoms with Crippen molar-refractivity contribution in [3.8, 4) is 0 Å². The molecule has 0 radical (unpaired) electrons. The standard InChI is InChI=1S/C22H32N4O2/c1-3-23-22(26-11-13-28-20(15-26)19-8-5-12-27-19)24-10-9-17-14-25-21-16(2)6-4-7-18(17)21/h4,6-7,14,19-20,25H,3,5,8-13,15H2,1-2H3,(H,23,24). The van der Waals surface area contributed by atoms with Gasteiger partial charge in [-0.25, -0.2) is 0 Å². The maximum atomic E-state index is 5.99. The second-order valence-electron chi connectivity index (χ2n) is 7.70. The molecule has 152 valence electrons. The van der Waals surface area contributed by atoms with E-state index >= 15 is 0 Å². The van der Waals surface area contributed by atoms with E-state index in [4.69, 9.17) is 14.5 Å². The number of guanidine groups is 1. The van der Waals surface area contributed by atoms with Gasteiger partial charge in [0.25, 0.3) is 0 Å². The first-order valence-corrected chi connectivity index (χ1v) is 10.6. The predicted molar refractivity (Wildman–Crippen MR) is 113 cm³/mol. The molecule has 0 amide bonds. The van der Waals surface area contributed by atoms with E-state index in [-0.39, 0.29) is 12.2 Å². The Morgan fingerprint density at radius 3 is 3.00 bits per heavy atom. The van der Waals surface area contributed by atoms with Gasteiger partial charge >= 0.3 is 0 Å². The fourth-order valence-corrected chi connectivity index (χ4v) is 4.27. The molecular weight excluding hydrogens is 352 g/mol. The number of aromatic nitrogens is 1. The SMILES string of the molecule is CCNC(=NCCc1c[nH]c2c(C)cccc12)N1CCOC(C2CCCO2)C1. The summed E-state index contributed by atoms with van der Waals surface area (Å²) in [6, 6.07) is 6.46. The molecule has 1 aromatic carbocycles. The van der Waals surface area contributed by atoms with E-state index in [1.54, 1.807) is 0 Å². The highest BCUT2D eigenvalue weighted by molar-refractivity contribution is 5.86. The summed E-state index contributed by atoms with van der Waals surface area (Å²) in [4.78, 5) is 10.7. The lowest BCUT2D eigenvalue weighted by atomic mass is 10.1. The highest BCUT2D eigenvalue weighted by Crippen LogP contribution is 2.22. The molecule has 2 fully saturated rings. The van der Waals surface area contributed by atoms with Crippen LogP contribution in [0.15, 0.2) is 29.4 Å². The Hall–Kier alpha value is -2.05. The first-order valence-electron chi connectivity index (χ1n) is 10.6. The summed E-state index contributed by atoms with van der Waals surface area (Å²) in [5.41, 5.74) is 3.85. The van der Waals surface area contributed by atoms with E-state index in [9.17, 15) is 0 Å². The third kappa shape index (κ3) is 4.18. The van der Waals surface area contributed by atoms with Gasteiger partial charge in [0.2, 0.25) is 0 Å². The average Bonchev–Trinajstić information content (AvgIpc) is 3.39. The van der Waals surface area contributed by atoms with Crippen molar-refractivity contribution >= 4 is 16.9 Å². The number of H-pyrrole nitrogens is 1. The fraction of sp³-hybridized carbons (Fsp3) is 0.591. The van der Waals surface area contributed by atoms with Gasteiger partial charge in [-0.2, -0.15) is 0 Å². The minimum absolute atomic E-state index is 0.150. The van der Waals surface area contributed by atoms with Crippen LogP contribution in [0.4, 0.5) is 0 Å². The summed E-state index contributed by atoms with van der Waals surface area (Å²) in [5.74, 6) is 0.991. The summed E-state index contributed by atoms with van der Waals surface area (Å²) >= 11 is 0. The quantitative estimate of drug-likeness (QED) is 0.615. The number of aryl methyl sites for hydroxylation is 1. The molecule has 0 bridgehead atoms. The molecule has 4 rings (SSSR count). The van der Waals surface area contributed by atoms with Crippen molar-refractivity contribution in [3.05, 3.63) is 35.5 Å². The van der Waals surface area contributed by atoms with Gasteiger partial charge in [-0.3, -0.25) is 4.99 Å². The summed E-state index contributed by atoms with van der Waals surface area (Å²) in [6.07, 6.45) is 5.69. The Morgan fingerprint density at radius 1 is 1.29 bits per heavy atom. The molecule has 0 spiro atoms. The van der Waals surface area contributed by atoms with Gasteiger partial charge < -0.3 is 24.7 Å². The number of benzene rings is 1. The number of ether oxygens (including phenoxy) is 2. The molecule has 28 heavy (non-hydrogen) atoms. The lowest BCUT2D eigenvalue weighted by Crippen LogP contribution is -2.53. The van der Waals surface area contributed by atoms with E-state index in [0.29, 0.717) is 0 Å². The molecule has 6 nitrogen and oxygen atoms in total. The molecule has 2 aliphatic rings. The van der Waals surface area contributed by atoms with Crippen LogP contribution >= 0.6 is 0 Å². The van der Waals surface area contributed by atoms with Gasteiger partial charge in [0.1, 0.15) is 6.10 Å². The van der Waals surface area contributed by atoms with Gasteiger partial charge in [-0.15, -0.1) is 0 Å². The zero-order valence-corrected chi connectivity index (χ0v) is 17.0. The Balaban J connectivity index is 1.41. The average molecular weight is 385 g/mol. The monoisotopic (exact) mass is 384 g/mol. The van der Waals surface area contributed by atoms with Crippen LogP contribution in [0.25, 0.3) is 10.9 Å². The molecule has 6 heteroatoms. The van der Waals surface area contributed by atoms with E-state index < -0.39 is 0 Å². The minimum Gasteiger partial charge on any atom is -0.375 e. The number of aliphatic imine (C=N–C) groups is 1. The van der Waals surface area contributed by atoms with E-state index in [2.05, 4.69) is 53.4 Å². The summed E-state index contributed by atoms with van der Waals surface area (Å²) < 4.78 is 11.8. The van der Waals surface area contributed by atoms with Crippen LogP contribution in [-0.4, -0.2) is 67.4 Å². The number of nitrogens with one attached hydrogen (secondary N) is 2. The molecule has 2 aromatic rings. The van der Waals surface area contributed by atoms with Gasteiger partial charge in [-0.1, -0.05) is 18.2 Å². The third-order valence-corrected chi connectivity index (χ3v) is 5.76. The number of hydrogen-bond acceptors (Lipinski definition) is 3. The van der Waals surface area contributed by atoms with Crippen LogP contribution in [0.2, 0.25) is 0 Å². The lowest BCUT2D eigenvalue weighted by molar-refractivity contribution is -0.0817. The van der Waals surface area contributed by atoms with Crippen LogP contribution < -0.4 is 5.32 Å². The van der Waals surface area contributed by atoms with Gasteiger partial charge in [0.15, 0.2) is 5.96 Å². The Morgan fingerprint density at radius 2 is 2.18 bits per heavy atom. The predicted octanol–water partition coefficient (Wildman–Crippen LogP) is 2.86. The Labute approximate surface area is 167 Å². The van der Waals surface area contributed by atoms with Crippen LogP contribution in [-0.2, 0) is 15.9 Å². The molecular formula is C22H32N4O2. The van der Waals surface area contributed by atoms with Crippen molar-refractivity contribution in [2.45, 2.75) is 45.3 Å². The number of hydrogen-bond donors (Lipinski definition) is 2. The normalized spacial score (nSPS) is 23.5. The summed E-state index contributed by atoms with van der Waals surface area (Å²) in [6.45, 7) is 9.23. The van der Waals surface area contributed by atoms with Crippen molar-refractivity contribution < 1.29 is 9.47 Å². The van der Waals surface area contributed by atoms with E-state index in [0.717, 1.165) is 64.6 Å². The van der Waals surface area contributed by atoms with Crippen molar-refractivity contribution in [2.75, 3.05) is 39.4 Å². The Kier molecular flexibility index (Phi) is 6.17. The second-order valence-corrected chi connectivity index (χ2v) is 7.70. The Bertz CT molecular complexity index is 810. The van der Waals surface area contributed by atoms with Gasteiger partial charge in [0, 0.05) is 49.9 Å². The molecule has 2 N–H and O–H groups in total. The van der Waals surface area contributed by atoms with Crippen LogP contribution in [0, 0.1) is 6.92 Å². The number of rotatable bonds is 5. The topological polar surface area (TPSA) is 61.9 Å². The number of aromatic amines is 1. The molecule has 2 aliphatic heterocycles. The first kappa shape index (κ1) is 19.3. The number of fused-ring (bicyclic) bond motifs is 1. The molecule has 2 saturated heterocycles. The van der Waals surface area contributed by atoms with Crippen LogP contribution in [0.1, 0.15) is 30.9 Å². The molecule has 0 saturated carbocycles. The lowest BCUT2D eigenvalue weighted by Gasteiger charge is -2.37. The zero-order chi connectivity index (χ0) is 19.3. The van der Waals surface area contributed by atoms with E-state index in [1.807, 2.05) is 0 Å². The minimum atomic E-state index is 0.150. The zero-order valence-electron chi connectivity index (χ0n) is 17.0. The highest BCUT2D eigenvalue weighted by Gasteiger charge is 2.32. The van der Waals surface area contributed by atoms with Crippen LogP contribution in [0.5, 0.6) is 0 Å². The number of para-hydroxylation sites is 1. The van der Waals surface area contributed by atoms with Crippen molar-refractivity contribution in [1.29, 1.82) is 0 Å². The third-order valence-electron chi connectivity index (χ3n) is 5.76.